The van der Waals surface area contributed by atoms with Crippen molar-refractivity contribution in [3.8, 4) is 5.75 Å². The first-order valence-corrected chi connectivity index (χ1v) is 13.9. The average Bonchev–Trinajstić information content (AvgIpc) is 3.26. The lowest BCUT2D eigenvalue weighted by Crippen LogP contribution is -2.40. The molecule has 0 spiro atoms. The normalized spacial score (nSPS) is 15.0. The van der Waals surface area contributed by atoms with Crippen molar-refractivity contribution < 1.29 is 18.7 Å². The van der Waals surface area contributed by atoms with Crippen LogP contribution in [0.2, 0.25) is 10.0 Å². The zero-order chi connectivity index (χ0) is 28.4. The molecule has 4 aromatic rings. The van der Waals surface area contributed by atoms with Crippen molar-refractivity contribution in [2.45, 2.75) is 26.0 Å². The molecule has 0 fully saturated rings. The van der Waals surface area contributed by atoms with Crippen molar-refractivity contribution in [2.24, 2.45) is 4.99 Å². The lowest BCUT2D eigenvalue weighted by atomic mass is 9.95. The van der Waals surface area contributed by atoms with Crippen molar-refractivity contribution in [3.63, 3.8) is 0 Å². The van der Waals surface area contributed by atoms with Crippen LogP contribution in [0.15, 0.2) is 87.8 Å². The minimum Gasteiger partial charge on any atom is -0.487 e. The summed E-state index contributed by atoms with van der Waals surface area (Å²) >= 11 is 14.0. The van der Waals surface area contributed by atoms with Gasteiger partial charge in [-0.1, -0.05) is 90.0 Å². The molecule has 6 nitrogen and oxygen atoms in total. The van der Waals surface area contributed by atoms with Crippen LogP contribution in [0.5, 0.6) is 5.75 Å². The van der Waals surface area contributed by atoms with Crippen LogP contribution in [0.3, 0.4) is 0 Å². The van der Waals surface area contributed by atoms with Crippen molar-refractivity contribution in [2.75, 3.05) is 7.11 Å². The molecule has 1 aliphatic heterocycles. The lowest BCUT2D eigenvalue weighted by molar-refractivity contribution is -0.136. The molecule has 1 atom stereocenters. The number of halogens is 3. The smallest absolute Gasteiger partial charge is 0.338 e. The van der Waals surface area contributed by atoms with Gasteiger partial charge in [0.15, 0.2) is 4.80 Å². The third-order valence-corrected chi connectivity index (χ3v) is 7.90. The number of thiazole rings is 1. The summed E-state index contributed by atoms with van der Waals surface area (Å²) in [4.78, 5) is 32.0. The van der Waals surface area contributed by atoms with Gasteiger partial charge in [-0.25, -0.2) is 14.2 Å². The van der Waals surface area contributed by atoms with Gasteiger partial charge in [0.05, 0.1) is 34.0 Å². The quantitative estimate of drug-likeness (QED) is 0.252. The van der Waals surface area contributed by atoms with E-state index in [4.69, 9.17) is 32.7 Å². The number of benzene rings is 3. The molecule has 1 aliphatic rings. The highest BCUT2D eigenvalue weighted by atomic mass is 35.5. The number of esters is 1. The Morgan fingerprint density at radius 1 is 1.12 bits per heavy atom. The number of carbonyl (C=O) groups is 1. The number of hydrogen-bond acceptors (Lipinski definition) is 6. The van der Waals surface area contributed by atoms with Gasteiger partial charge in [0.25, 0.3) is 5.56 Å². The Morgan fingerprint density at radius 2 is 1.85 bits per heavy atom. The molecule has 2 heterocycles. The summed E-state index contributed by atoms with van der Waals surface area (Å²) in [7, 11) is 1.31. The molecular formula is C30H23Cl2FN2O4S. The fourth-order valence-electron chi connectivity index (χ4n) is 4.56. The number of rotatable bonds is 7. The molecule has 40 heavy (non-hydrogen) atoms. The molecule has 10 heteroatoms. The van der Waals surface area contributed by atoms with Crippen LogP contribution in [-0.2, 0) is 16.1 Å². The molecule has 0 unspecified atom stereocenters. The summed E-state index contributed by atoms with van der Waals surface area (Å²) in [6.07, 6.45) is 2.09. The molecule has 0 N–H and O–H groups in total. The minimum atomic E-state index is -0.721. The van der Waals surface area contributed by atoms with Gasteiger partial charge in [-0.15, -0.1) is 0 Å². The van der Waals surface area contributed by atoms with Gasteiger partial charge in [0.1, 0.15) is 18.2 Å². The summed E-state index contributed by atoms with van der Waals surface area (Å²) in [6.45, 7) is 1.82. The summed E-state index contributed by atoms with van der Waals surface area (Å²) in [5.41, 5.74) is 2.05. The van der Waals surface area contributed by atoms with Crippen LogP contribution in [0, 0.1) is 5.82 Å². The number of fused-ring (bicyclic) bond motifs is 1. The Labute approximate surface area is 243 Å². The minimum absolute atomic E-state index is 0.0769. The maximum atomic E-state index is 14.2. The van der Waals surface area contributed by atoms with Crippen LogP contribution in [-0.4, -0.2) is 17.6 Å². The molecule has 0 amide bonds. The molecular weight excluding hydrogens is 574 g/mol. The third kappa shape index (κ3) is 5.35. The maximum absolute atomic E-state index is 14.2. The van der Waals surface area contributed by atoms with E-state index in [2.05, 4.69) is 4.99 Å². The zero-order valence-corrected chi connectivity index (χ0v) is 23.8. The van der Waals surface area contributed by atoms with Gasteiger partial charge in [-0.2, -0.15) is 0 Å². The molecule has 0 saturated heterocycles. The number of hydrogen-bond donors (Lipinski definition) is 0. The molecule has 0 radical (unpaired) electrons. The highest BCUT2D eigenvalue weighted by molar-refractivity contribution is 7.07. The second kappa shape index (κ2) is 11.8. The highest BCUT2D eigenvalue weighted by Gasteiger charge is 2.33. The monoisotopic (exact) mass is 596 g/mol. The number of carbonyl (C=O) groups excluding carboxylic acids is 1. The Kier molecular flexibility index (Phi) is 8.21. The zero-order valence-electron chi connectivity index (χ0n) is 21.5. The maximum Gasteiger partial charge on any atom is 0.338 e. The van der Waals surface area contributed by atoms with Gasteiger partial charge >= 0.3 is 5.97 Å². The summed E-state index contributed by atoms with van der Waals surface area (Å²) in [5.74, 6) is -0.699. The Bertz CT molecular complexity index is 1820. The Hall–Kier alpha value is -3.72. The van der Waals surface area contributed by atoms with E-state index in [-0.39, 0.29) is 22.9 Å². The SMILES string of the molecule is CCC1=C(C(=O)OC)[C@@H](c2ccccc2)n2c(s/c(=C/c3cc(Cl)cc(Cl)c3OCc3ccccc3F)c2=O)=N1. The van der Waals surface area contributed by atoms with E-state index in [1.165, 1.54) is 35.1 Å². The van der Waals surface area contributed by atoms with Gasteiger partial charge < -0.3 is 9.47 Å². The van der Waals surface area contributed by atoms with Crippen LogP contribution in [0.4, 0.5) is 4.39 Å². The van der Waals surface area contributed by atoms with Crippen LogP contribution in [0.1, 0.15) is 36.1 Å². The van der Waals surface area contributed by atoms with Gasteiger partial charge in [-0.3, -0.25) is 9.36 Å². The van der Waals surface area contributed by atoms with Crippen molar-refractivity contribution >= 4 is 46.6 Å². The predicted molar refractivity (Wildman–Crippen MR) is 154 cm³/mol. The van der Waals surface area contributed by atoms with Crippen molar-refractivity contribution in [3.05, 3.63) is 130 Å². The highest BCUT2D eigenvalue weighted by Crippen LogP contribution is 2.34. The van der Waals surface area contributed by atoms with E-state index >= 15 is 0 Å². The summed E-state index contributed by atoms with van der Waals surface area (Å²) < 4.78 is 27.1. The molecule has 1 aromatic heterocycles. The van der Waals surface area contributed by atoms with Crippen LogP contribution in [0.25, 0.3) is 6.08 Å². The Morgan fingerprint density at radius 3 is 2.55 bits per heavy atom. The van der Waals surface area contributed by atoms with E-state index < -0.39 is 17.8 Å². The largest absolute Gasteiger partial charge is 0.487 e. The van der Waals surface area contributed by atoms with Crippen LogP contribution >= 0.6 is 34.5 Å². The summed E-state index contributed by atoms with van der Waals surface area (Å²) in [6, 6.07) is 18.0. The molecule has 5 rings (SSSR count). The standard InChI is InChI=1S/C30H23Cl2FN2O4S/c1-3-23-25(29(37)38-2)26(17-9-5-4-6-10-17)35-28(36)24(40-30(35)34-23)14-19-13-20(31)15-21(32)27(19)39-16-18-11-7-8-12-22(18)33/h4-15,26H,3,16H2,1-2H3/b24-14+/t26-/m1/s1. The fraction of sp³-hybridized carbons (Fsp3) is 0.167. The topological polar surface area (TPSA) is 69.9 Å². The van der Waals surface area contributed by atoms with E-state index in [1.807, 2.05) is 37.3 Å². The lowest BCUT2D eigenvalue weighted by Gasteiger charge is -2.25. The average molecular weight is 597 g/mol. The molecule has 0 saturated carbocycles. The molecule has 3 aromatic carbocycles. The van der Waals surface area contributed by atoms with Gasteiger partial charge in [0, 0.05) is 16.1 Å². The number of nitrogens with zero attached hydrogens (tertiary/aromatic N) is 2. The molecule has 0 bridgehead atoms. The second-order valence-corrected chi connectivity index (χ2v) is 10.7. The molecule has 0 aliphatic carbocycles. The van der Waals surface area contributed by atoms with E-state index in [0.717, 1.165) is 5.56 Å². The Balaban J connectivity index is 1.67. The van der Waals surface area contributed by atoms with Gasteiger partial charge in [-0.05, 0) is 36.3 Å². The van der Waals surface area contributed by atoms with Crippen molar-refractivity contribution in [1.29, 1.82) is 0 Å². The predicted octanol–water partition coefficient (Wildman–Crippen LogP) is 5.82. The number of aromatic nitrogens is 1. The van der Waals surface area contributed by atoms with E-state index in [1.54, 1.807) is 30.3 Å². The fourth-order valence-corrected chi connectivity index (χ4v) is 6.14. The first kappa shape index (κ1) is 27.8. The first-order chi connectivity index (χ1) is 19.3. The van der Waals surface area contributed by atoms with Crippen LogP contribution < -0.4 is 19.6 Å². The number of ether oxygens (including phenoxy) is 2. The number of allylic oxidation sites excluding steroid dienone is 1. The third-order valence-electron chi connectivity index (χ3n) is 6.42. The molecule has 204 valence electrons. The van der Waals surface area contributed by atoms with Crippen molar-refractivity contribution in [1.82, 2.24) is 4.57 Å². The van der Waals surface area contributed by atoms with Gasteiger partial charge in [0.2, 0.25) is 0 Å². The first-order valence-electron chi connectivity index (χ1n) is 12.4. The summed E-state index contributed by atoms with van der Waals surface area (Å²) in [5, 5.41) is 0.553. The van der Waals surface area contributed by atoms with E-state index in [0.29, 0.717) is 43.2 Å². The second-order valence-electron chi connectivity index (χ2n) is 8.88. The van der Waals surface area contributed by atoms with E-state index in [9.17, 15) is 14.0 Å². The number of methoxy groups -OCH3 is 1.